The second kappa shape index (κ2) is 8.76. The van der Waals surface area contributed by atoms with E-state index in [0.717, 1.165) is 13.0 Å². The minimum absolute atomic E-state index is 0.436. The second-order valence-corrected chi connectivity index (χ2v) is 9.57. The standard InChI is InChI=1S/C23H34N4O3/c1-7-16-8-10-17(11-9-16)14-27(18-12-13-18)15-19-24-20(26-30-19)23(5,6)25-21(28)29-22(2,3)4/h8-11,18H,7,12-15H2,1-6H3,(H,25,28). The Kier molecular flexibility index (Phi) is 6.50. The first-order chi connectivity index (χ1) is 14.1. The summed E-state index contributed by atoms with van der Waals surface area (Å²) in [6.45, 7) is 12.8. The number of benzene rings is 1. The molecule has 0 atom stereocenters. The molecular weight excluding hydrogens is 380 g/mol. The van der Waals surface area contributed by atoms with Crippen LogP contribution in [-0.2, 0) is 29.8 Å². The molecule has 0 unspecified atom stereocenters. The monoisotopic (exact) mass is 414 g/mol. The Labute approximate surface area is 179 Å². The zero-order valence-corrected chi connectivity index (χ0v) is 19.0. The van der Waals surface area contributed by atoms with E-state index in [1.807, 2.05) is 34.6 Å². The second-order valence-electron chi connectivity index (χ2n) is 9.57. The Hall–Kier alpha value is -2.41. The quantitative estimate of drug-likeness (QED) is 0.682. The van der Waals surface area contributed by atoms with E-state index in [0.29, 0.717) is 24.3 Å². The molecule has 164 valence electrons. The molecule has 1 N–H and O–H groups in total. The number of nitrogens with zero attached hydrogens (tertiary/aromatic N) is 3. The van der Waals surface area contributed by atoms with Crippen molar-refractivity contribution in [2.24, 2.45) is 0 Å². The Morgan fingerprint density at radius 3 is 2.33 bits per heavy atom. The number of rotatable bonds is 8. The minimum Gasteiger partial charge on any atom is -0.444 e. The Morgan fingerprint density at radius 2 is 1.77 bits per heavy atom. The normalized spacial score (nSPS) is 14.8. The average molecular weight is 415 g/mol. The van der Waals surface area contributed by atoms with Crippen LogP contribution in [0.2, 0.25) is 0 Å². The molecule has 7 heteroatoms. The summed E-state index contributed by atoms with van der Waals surface area (Å²) in [4.78, 5) is 19.1. The number of alkyl carbamates (subject to hydrolysis) is 1. The Balaban J connectivity index is 1.64. The number of nitrogens with one attached hydrogen (secondary N) is 1. The number of carbonyl (C=O) groups is 1. The summed E-state index contributed by atoms with van der Waals surface area (Å²) in [5.41, 5.74) is 1.26. The molecule has 0 bridgehead atoms. The van der Waals surface area contributed by atoms with Crippen molar-refractivity contribution in [2.45, 2.75) is 91.1 Å². The molecule has 30 heavy (non-hydrogen) atoms. The van der Waals surface area contributed by atoms with Gasteiger partial charge in [0.1, 0.15) is 11.1 Å². The van der Waals surface area contributed by atoms with Gasteiger partial charge in [-0.2, -0.15) is 4.98 Å². The highest BCUT2D eigenvalue weighted by Crippen LogP contribution is 2.30. The molecule has 1 heterocycles. The van der Waals surface area contributed by atoms with Gasteiger partial charge in [-0.3, -0.25) is 4.90 Å². The fraction of sp³-hybridized carbons (Fsp3) is 0.609. The van der Waals surface area contributed by atoms with Gasteiger partial charge in [-0.25, -0.2) is 4.79 Å². The highest BCUT2D eigenvalue weighted by molar-refractivity contribution is 5.68. The maximum absolute atomic E-state index is 12.2. The van der Waals surface area contributed by atoms with Gasteiger partial charge in [-0.1, -0.05) is 36.3 Å². The number of hydrogen-bond donors (Lipinski definition) is 1. The van der Waals surface area contributed by atoms with Crippen LogP contribution in [0.1, 0.15) is 77.2 Å². The van der Waals surface area contributed by atoms with Crippen molar-refractivity contribution in [3.8, 4) is 0 Å². The molecule has 1 fully saturated rings. The van der Waals surface area contributed by atoms with E-state index in [-0.39, 0.29) is 0 Å². The zero-order valence-electron chi connectivity index (χ0n) is 19.0. The van der Waals surface area contributed by atoms with Gasteiger partial charge in [0.05, 0.1) is 6.54 Å². The average Bonchev–Trinajstić information content (AvgIpc) is 3.38. The van der Waals surface area contributed by atoms with Gasteiger partial charge < -0.3 is 14.6 Å². The maximum atomic E-state index is 12.2. The number of aromatic nitrogens is 2. The first-order valence-electron chi connectivity index (χ1n) is 10.7. The summed E-state index contributed by atoms with van der Waals surface area (Å²) >= 11 is 0. The molecule has 1 amide bonds. The van der Waals surface area contributed by atoms with Crippen LogP contribution in [0.15, 0.2) is 28.8 Å². The third-order valence-corrected chi connectivity index (χ3v) is 5.06. The zero-order chi connectivity index (χ0) is 21.9. The van der Waals surface area contributed by atoms with Crippen molar-refractivity contribution in [3.63, 3.8) is 0 Å². The van der Waals surface area contributed by atoms with Crippen molar-refractivity contribution in [2.75, 3.05) is 0 Å². The fourth-order valence-electron chi connectivity index (χ4n) is 3.23. The van der Waals surface area contributed by atoms with Crippen molar-refractivity contribution in [1.29, 1.82) is 0 Å². The van der Waals surface area contributed by atoms with Crippen LogP contribution in [-0.4, -0.2) is 32.8 Å². The fourth-order valence-corrected chi connectivity index (χ4v) is 3.23. The topological polar surface area (TPSA) is 80.5 Å². The van der Waals surface area contributed by atoms with Gasteiger partial charge in [-0.15, -0.1) is 0 Å². The molecule has 0 aliphatic heterocycles. The largest absolute Gasteiger partial charge is 0.444 e. The minimum atomic E-state index is -0.801. The third kappa shape index (κ3) is 6.29. The summed E-state index contributed by atoms with van der Waals surface area (Å²) in [5.74, 6) is 0.993. The molecule has 0 radical (unpaired) electrons. The number of aryl methyl sites for hydroxylation is 1. The molecule has 0 saturated heterocycles. The maximum Gasteiger partial charge on any atom is 0.408 e. The van der Waals surface area contributed by atoms with E-state index in [2.05, 4.69) is 51.5 Å². The lowest BCUT2D eigenvalue weighted by Gasteiger charge is -2.26. The Bertz CT molecular complexity index is 848. The molecule has 2 aromatic rings. The van der Waals surface area contributed by atoms with Gasteiger partial charge in [0.15, 0.2) is 5.82 Å². The number of hydrogen-bond acceptors (Lipinski definition) is 6. The van der Waals surface area contributed by atoms with Gasteiger partial charge in [0.25, 0.3) is 0 Å². The predicted octanol–water partition coefficient (Wildman–Crippen LogP) is 4.56. The van der Waals surface area contributed by atoms with Crippen LogP contribution < -0.4 is 5.32 Å². The van der Waals surface area contributed by atoms with Crippen LogP contribution >= 0.6 is 0 Å². The molecular formula is C23H34N4O3. The van der Waals surface area contributed by atoms with E-state index in [1.165, 1.54) is 24.0 Å². The lowest BCUT2D eigenvalue weighted by atomic mass is 10.1. The molecule has 3 rings (SSSR count). The van der Waals surface area contributed by atoms with Crippen molar-refractivity contribution < 1.29 is 14.1 Å². The van der Waals surface area contributed by atoms with Crippen molar-refractivity contribution >= 4 is 6.09 Å². The summed E-state index contributed by atoms with van der Waals surface area (Å²) in [6, 6.07) is 9.33. The highest BCUT2D eigenvalue weighted by atomic mass is 16.6. The number of amides is 1. The predicted molar refractivity (Wildman–Crippen MR) is 115 cm³/mol. The third-order valence-electron chi connectivity index (χ3n) is 5.06. The van der Waals surface area contributed by atoms with Crippen molar-refractivity contribution in [3.05, 3.63) is 47.1 Å². The summed E-state index contributed by atoms with van der Waals surface area (Å²) in [7, 11) is 0. The molecule has 1 aliphatic rings. The number of ether oxygens (including phenoxy) is 1. The van der Waals surface area contributed by atoms with E-state index in [1.54, 1.807) is 0 Å². The smallest absolute Gasteiger partial charge is 0.408 e. The van der Waals surface area contributed by atoms with Gasteiger partial charge >= 0.3 is 6.09 Å². The van der Waals surface area contributed by atoms with Gasteiger partial charge in [0.2, 0.25) is 5.89 Å². The first kappa shape index (κ1) is 22.3. The van der Waals surface area contributed by atoms with Crippen LogP contribution in [0.5, 0.6) is 0 Å². The van der Waals surface area contributed by atoms with Crippen LogP contribution in [0.25, 0.3) is 0 Å². The van der Waals surface area contributed by atoms with E-state index in [4.69, 9.17) is 9.26 Å². The molecule has 1 saturated carbocycles. The molecule has 1 aromatic carbocycles. The SMILES string of the molecule is CCc1ccc(CN(Cc2nc(C(C)(C)NC(=O)OC(C)(C)C)no2)C2CC2)cc1. The lowest BCUT2D eigenvalue weighted by molar-refractivity contribution is 0.0465. The first-order valence-corrected chi connectivity index (χ1v) is 10.7. The van der Waals surface area contributed by atoms with Crippen molar-refractivity contribution in [1.82, 2.24) is 20.4 Å². The summed E-state index contributed by atoms with van der Waals surface area (Å²) in [6.07, 6.45) is 2.93. The van der Waals surface area contributed by atoms with Gasteiger partial charge in [0, 0.05) is 12.6 Å². The number of carbonyl (C=O) groups excluding carboxylic acids is 1. The van der Waals surface area contributed by atoms with E-state index in [9.17, 15) is 4.79 Å². The molecule has 0 spiro atoms. The van der Waals surface area contributed by atoms with Crippen LogP contribution in [0.4, 0.5) is 4.79 Å². The van der Waals surface area contributed by atoms with Crippen LogP contribution in [0.3, 0.4) is 0 Å². The molecule has 1 aromatic heterocycles. The lowest BCUT2D eigenvalue weighted by Crippen LogP contribution is -2.44. The highest BCUT2D eigenvalue weighted by Gasteiger charge is 2.33. The molecule has 7 nitrogen and oxygen atoms in total. The summed E-state index contributed by atoms with van der Waals surface area (Å²) < 4.78 is 10.9. The van der Waals surface area contributed by atoms with Crippen LogP contribution in [0, 0.1) is 0 Å². The Morgan fingerprint density at radius 1 is 1.13 bits per heavy atom. The van der Waals surface area contributed by atoms with E-state index >= 15 is 0 Å². The summed E-state index contributed by atoms with van der Waals surface area (Å²) in [5, 5.41) is 6.94. The van der Waals surface area contributed by atoms with E-state index < -0.39 is 17.2 Å². The van der Waals surface area contributed by atoms with Gasteiger partial charge in [-0.05, 0) is 65.0 Å². The molecule has 1 aliphatic carbocycles.